The Morgan fingerprint density at radius 1 is 1.29 bits per heavy atom. The van der Waals surface area contributed by atoms with E-state index in [0.29, 0.717) is 18.0 Å². The molecule has 0 spiro atoms. The quantitative estimate of drug-likeness (QED) is 0.681. The van der Waals surface area contributed by atoms with Crippen LogP contribution in [-0.2, 0) is 4.79 Å². The number of amides is 1. The average molecular weight is 197 g/mol. The van der Waals surface area contributed by atoms with Gasteiger partial charge in [-0.1, -0.05) is 13.3 Å². The molecule has 2 nitrogen and oxygen atoms in total. The standard InChI is InChI=1S/C12H23NO/c1-4-5-9-12(14)13-10(2)7-6-8-11(13)3/h10-11H,4-9H2,1-3H3/t10-,11-/m0/s1. The number of carbonyl (C=O) groups excluding carboxylic acids is 1. The third-order valence-electron chi connectivity index (χ3n) is 3.23. The Labute approximate surface area is 87.7 Å². The van der Waals surface area contributed by atoms with Gasteiger partial charge in [0.1, 0.15) is 0 Å². The second-order valence-corrected chi connectivity index (χ2v) is 4.53. The van der Waals surface area contributed by atoms with E-state index in [-0.39, 0.29) is 0 Å². The fourth-order valence-electron chi connectivity index (χ4n) is 2.37. The molecular formula is C12H23NO. The van der Waals surface area contributed by atoms with Gasteiger partial charge in [0.05, 0.1) is 0 Å². The Morgan fingerprint density at radius 3 is 2.36 bits per heavy atom. The Hall–Kier alpha value is -0.530. The van der Waals surface area contributed by atoms with Gasteiger partial charge in [-0.3, -0.25) is 4.79 Å². The molecule has 1 rings (SSSR count). The van der Waals surface area contributed by atoms with Crippen molar-refractivity contribution in [3.8, 4) is 0 Å². The summed E-state index contributed by atoms with van der Waals surface area (Å²) in [4.78, 5) is 14.0. The van der Waals surface area contributed by atoms with Gasteiger partial charge in [0, 0.05) is 18.5 Å². The molecule has 2 atom stereocenters. The summed E-state index contributed by atoms with van der Waals surface area (Å²) in [5.74, 6) is 0.367. The van der Waals surface area contributed by atoms with E-state index in [4.69, 9.17) is 0 Å². The van der Waals surface area contributed by atoms with Crippen molar-refractivity contribution in [1.82, 2.24) is 4.90 Å². The molecule has 2 heteroatoms. The monoisotopic (exact) mass is 197 g/mol. The lowest BCUT2D eigenvalue weighted by Crippen LogP contribution is -2.47. The Bertz CT molecular complexity index is 181. The van der Waals surface area contributed by atoms with E-state index < -0.39 is 0 Å². The van der Waals surface area contributed by atoms with Gasteiger partial charge in [-0.2, -0.15) is 0 Å². The van der Waals surface area contributed by atoms with Gasteiger partial charge in [0.2, 0.25) is 5.91 Å². The Balaban J connectivity index is 2.49. The minimum absolute atomic E-state index is 0.367. The smallest absolute Gasteiger partial charge is 0.223 e. The molecule has 1 saturated heterocycles. The van der Waals surface area contributed by atoms with Crippen LogP contribution < -0.4 is 0 Å². The predicted octanol–water partition coefficient (Wildman–Crippen LogP) is 2.97. The SMILES string of the molecule is CCCCC(=O)N1[C@@H](C)CCC[C@@H]1C. The average Bonchev–Trinajstić information content (AvgIpc) is 2.14. The molecule has 0 unspecified atom stereocenters. The third-order valence-corrected chi connectivity index (χ3v) is 3.23. The highest BCUT2D eigenvalue weighted by Gasteiger charge is 2.27. The highest BCUT2D eigenvalue weighted by atomic mass is 16.2. The van der Waals surface area contributed by atoms with Crippen molar-refractivity contribution >= 4 is 5.91 Å². The van der Waals surface area contributed by atoms with Crippen LogP contribution in [0.25, 0.3) is 0 Å². The molecule has 0 aromatic heterocycles. The zero-order chi connectivity index (χ0) is 10.6. The zero-order valence-corrected chi connectivity index (χ0v) is 9.75. The summed E-state index contributed by atoms with van der Waals surface area (Å²) in [6.07, 6.45) is 6.53. The number of nitrogens with zero attached hydrogens (tertiary/aromatic N) is 1. The van der Waals surface area contributed by atoms with Crippen LogP contribution in [0.3, 0.4) is 0 Å². The molecule has 1 aliphatic rings. The van der Waals surface area contributed by atoms with E-state index in [1.807, 2.05) is 0 Å². The molecule has 0 aromatic rings. The molecular weight excluding hydrogens is 174 g/mol. The van der Waals surface area contributed by atoms with Crippen molar-refractivity contribution in [2.24, 2.45) is 0 Å². The highest BCUT2D eigenvalue weighted by molar-refractivity contribution is 5.76. The van der Waals surface area contributed by atoms with Crippen LogP contribution in [0.4, 0.5) is 0 Å². The fraction of sp³-hybridized carbons (Fsp3) is 0.917. The molecule has 0 aromatic carbocycles. The summed E-state index contributed by atoms with van der Waals surface area (Å²) < 4.78 is 0. The maximum absolute atomic E-state index is 11.9. The van der Waals surface area contributed by atoms with E-state index in [9.17, 15) is 4.79 Å². The largest absolute Gasteiger partial charge is 0.337 e. The minimum atomic E-state index is 0.367. The number of carbonyl (C=O) groups is 1. The van der Waals surface area contributed by atoms with E-state index in [1.165, 1.54) is 19.3 Å². The maximum atomic E-state index is 11.9. The molecule has 0 N–H and O–H groups in total. The number of piperidine rings is 1. The second kappa shape index (κ2) is 5.38. The predicted molar refractivity (Wildman–Crippen MR) is 59.1 cm³/mol. The van der Waals surface area contributed by atoms with Crippen molar-refractivity contribution in [1.29, 1.82) is 0 Å². The fourth-order valence-corrected chi connectivity index (χ4v) is 2.37. The van der Waals surface area contributed by atoms with E-state index in [1.54, 1.807) is 0 Å². The van der Waals surface area contributed by atoms with Crippen LogP contribution in [0, 0.1) is 0 Å². The summed E-state index contributed by atoms with van der Waals surface area (Å²) in [5.41, 5.74) is 0. The molecule has 1 heterocycles. The number of hydrogen-bond donors (Lipinski definition) is 0. The van der Waals surface area contributed by atoms with Crippen molar-refractivity contribution in [2.75, 3.05) is 0 Å². The van der Waals surface area contributed by atoms with E-state index in [0.717, 1.165) is 19.3 Å². The molecule has 0 radical (unpaired) electrons. The van der Waals surface area contributed by atoms with E-state index >= 15 is 0 Å². The summed E-state index contributed by atoms with van der Waals surface area (Å²) in [6, 6.07) is 0.922. The van der Waals surface area contributed by atoms with Gasteiger partial charge < -0.3 is 4.90 Å². The molecule has 14 heavy (non-hydrogen) atoms. The lowest BCUT2D eigenvalue weighted by molar-refractivity contribution is -0.137. The molecule has 1 aliphatic heterocycles. The lowest BCUT2D eigenvalue weighted by Gasteiger charge is -2.39. The van der Waals surface area contributed by atoms with Crippen molar-refractivity contribution < 1.29 is 4.79 Å². The second-order valence-electron chi connectivity index (χ2n) is 4.53. The van der Waals surface area contributed by atoms with Crippen LogP contribution in [0.15, 0.2) is 0 Å². The first-order chi connectivity index (χ1) is 6.66. The first kappa shape index (κ1) is 11.5. The summed E-state index contributed by atoms with van der Waals surface area (Å²) in [7, 11) is 0. The van der Waals surface area contributed by atoms with Gasteiger partial charge in [0.25, 0.3) is 0 Å². The van der Waals surface area contributed by atoms with Gasteiger partial charge in [0.15, 0.2) is 0 Å². The van der Waals surface area contributed by atoms with Gasteiger partial charge in [-0.25, -0.2) is 0 Å². The van der Waals surface area contributed by atoms with Crippen LogP contribution in [0.2, 0.25) is 0 Å². The first-order valence-corrected chi connectivity index (χ1v) is 5.98. The van der Waals surface area contributed by atoms with Crippen LogP contribution in [-0.4, -0.2) is 22.9 Å². The van der Waals surface area contributed by atoms with Gasteiger partial charge in [-0.15, -0.1) is 0 Å². The number of likely N-dealkylation sites (tertiary alicyclic amines) is 1. The van der Waals surface area contributed by atoms with Crippen LogP contribution in [0.1, 0.15) is 59.3 Å². The first-order valence-electron chi connectivity index (χ1n) is 5.98. The highest BCUT2D eigenvalue weighted by Crippen LogP contribution is 2.23. The molecule has 1 amide bonds. The number of unbranched alkanes of at least 4 members (excludes halogenated alkanes) is 1. The van der Waals surface area contributed by atoms with E-state index in [2.05, 4.69) is 25.7 Å². The molecule has 0 aliphatic carbocycles. The topological polar surface area (TPSA) is 20.3 Å². The number of hydrogen-bond acceptors (Lipinski definition) is 1. The summed E-state index contributed by atoms with van der Waals surface area (Å²) in [6.45, 7) is 6.50. The lowest BCUT2D eigenvalue weighted by atomic mass is 9.97. The molecule has 0 bridgehead atoms. The maximum Gasteiger partial charge on any atom is 0.223 e. The van der Waals surface area contributed by atoms with Crippen molar-refractivity contribution in [3.05, 3.63) is 0 Å². The molecule has 82 valence electrons. The summed E-state index contributed by atoms with van der Waals surface area (Å²) >= 11 is 0. The van der Waals surface area contributed by atoms with Gasteiger partial charge in [-0.05, 0) is 39.5 Å². The Morgan fingerprint density at radius 2 is 1.86 bits per heavy atom. The van der Waals surface area contributed by atoms with Crippen LogP contribution >= 0.6 is 0 Å². The Kier molecular flexibility index (Phi) is 4.43. The zero-order valence-electron chi connectivity index (χ0n) is 9.75. The summed E-state index contributed by atoms with van der Waals surface area (Å²) in [5, 5.41) is 0. The minimum Gasteiger partial charge on any atom is -0.337 e. The molecule has 1 fully saturated rings. The number of rotatable bonds is 3. The third kappa shape index (κ3) is 2.73. The van der Waals surface area contributed by atoms with Crippen LogP contribution in [0.5, 0.6) is 0 Å². The van der Waals surface area contributed by atoms with Gasteiger partial charge >= 0.3 is 0 Å². The normalized spacial score (nSPS) is 27.8. The molecule has 0 saturated carbocycles. The van der Waals surface area contributed by atoms with Crippen molar-refractivity contribution in [2.45, 2.75) is 71.4 Å². The van der Waals surface area contributed by atoms with Crippen molar-refractivity contribution in [3.63, 3.8) is 0 Å².